The highest BCUT2D eigenvalue weighted by Crippen LogP contribution is 2.43. The van der Waals surface area contributed by atoms with Crippen molar-refractivity contribution < 1.29 is 9.53 Å². The van der Waals surface area contributed by atoms with E-state index in [4.69, 9.17) is 62.7 Å². The van der Waals surface area contributed by atoms with Crippen LogP contribution in [0, 0.1) is 0 Å². The molecule has 0 saturated carbocycles. The van der Waals surface area contributed by atoms with E-state index in [0.29, 0.717) is 0 Å². The lowest BCUT2D eigenvalue weighted by atomic mass is 10.2. The Morgan fingerprint density at radius 1 is 1.24 bits per heavy atom. The number of esters is 1. The summed E-state index contributed by atoms with van der Waals surface area (Å²) in [7, 11) is 0. The van der Waals surface area contributed by atoms with Crippen LogP contribution in [0.5, 0.6) is 0 Å². The first kappa shape index (κ1) is 14.9. The Kier molecular flexibility index (Phi) is 4.99. The molecule has 1 aromatic rings. The van der Waals surface area contributed by atoms with E-state index in [-0.39, 0.29) is 20.6 Å². The fourth-order valence-corrected chi connectivity index (χ4v) is 2.21. The standard InChI is InChI=1S/C10H5Cl5O2/c1-2-7(16)17-10(14,15)5-3-4-6(11)9(13)8(5)12/h2-4H,1H2. The van der Waals surface area contributed by atoms with Crippen LogP contribution in [0.15, 0.2) is 24.8 Å². The summed E-state index contributed by atoms with van der Waals surface area (Å²) in [5, 5.41) is 0.326. The second-order valence-electron chi connectivity index (χ2n) is 2.86. The molecular weight excluding hydrogens is 329 g/mol. The molecule has 0 aromatic heterocycles. The van der Waals surface area contributed by atoms with Gasteiger partial charge in [-0.2, -0.15) is 0 Å². The molecule has 0 aliphatic carbocycles. The summed E-state index contributed by atoms with van der Waals surface area (Å²) >= 11 is 29.2. The van der Waals surface area contributed by atoms with Crippen molar-refractivity contribution in [1.29, 1.82) is 0 Å². The molecule has 2 nitrogen and oxygen atoms in total. The third-order valence-corrected chi connectivity index (χ3v) is 3.60. The molecule has 0 unspecified atom stereocenters. The maximum absolute atomic E-state index is 11.1. The third kappa shape index (κ3) is 3.43. The van der Waals surface area contributed by atoms with Gasteiger partial charge in [-0.3, -0.25) is 0 Å². The molecule has 0 spiro atoms. The molecule has 0 aliphatic heterocycles. The van der Waals surface area contributed by atoms with Crippen LogP contribution in [-0.4, -0.2) is 5.97 Å². The van der Waals surface area contributed by atoms with E-state index in [1.807, 2.05) is 0 Å². The van der Waals surface area contributed by atoms with E-state index in [9.17, 15) is 4.79 Å². The van der Waals surface area contributed by atoms with Gasteiger partial charge < -0.3 is 4.74 Å². The second-order valence-corrected chi connectivity index (χ2v) is 5.29. The lowest BCUT2D eigenvalue weighted by Gasteiger charge is -2.21. The highest BCUT2D eigenvalue weighted by molar-refractivity contribution is 6.51. The van der Waals surface area contributed by atoms with E-state index in [1.165, 1.54) is 12.1 Å². The molecule has 1 rings (SSSR count). The Morgan fingerprint density at radius 2 is 1.82 bits per heavy atom. The van der Waals surface area contributed by atoms with Crippen LogP contribution in [0.3, 0.4) is 0 Å². The number of rotatable bonds is 3. The first-order valence-corrected chi connectivity index (χ1v) is 6.05. The summed E-state index contributed by atoms with van der Waals surface area (Å²) in [6, 6.07) is 2.85. The average Bonchev–Trinajstić information content (AvgIpc) is 2.24. The van der Waals surface area contributed by atoms with Gasteiger partial charge in [-0.05, 0) is 12.1 Å². The number of carbonyl (C=O) groups is 1. The smallest absolute Gasteiger partial charge is 0.333 e. The van der Waals surface area contributed by atoms with E-state index in [2.05, 4.69) is 6.58 Å². The Bertz CT molecular complexity index is 470. The quantitative estimate of drug-likeness (QED) is 0.338. The van der Waals surface area contributed by atoms with Gasteiger partial charge in [0.1, 0.15) is 0 Å². The molecule has 0 amide bonds. The van der Waals surface area contributed by atoms with Crippen molar-refractivity contribution in [3.63, 3.8) is 0 Å². The highest BCUT2D eigenvalue weighted by Gasteiger charge is 2.34. The minimum Gasteiger partial charge on any atom is -0.421 e. The van der Waals surface area contributed by atoms with Crippen LogP contribution in [0.2, 0.25) is 15.1 Å². The molecule has 0 aliphatic rings. The molecule has 0 N–H and O–H groups in total. The van der Waals surface area contributed by atoms with Gasteiger partial charge in [0.05, 0.1) is 15.1 Å². The molecule has 0 radical (unpaired) electrons. The van der Waals surface area contributed by atoms with Gasteiger partial charge >= 0.3 is 5.97 Å². The minimum absolute atomic E-state index is 0.0148. The van der Waals surface area contributed by atoms with Crippen LogP contribution in [-0.2, 0) is 14.1 Å². The zero-order chi connectivity index (χ0) is 13.2. The predicted octanol–water partition coefficient (Wildman–Crippen LogP) is 4.96. The molecule has 7 heteroatoms. The van der Waals surface area contributed by atoms with Crippen LogP contribution in [0.1, 0.15) is 5.56 Å². The zero-order valence-electron chi connectivity index (χ0n) is 8.15. The first-order chi connectivity index (χ1) is 7.79. The van der Waals surface area contributed by atoms with E-state index in [1.54, 1.807) is 0 Å². The zero-order valence-corrected chi connectivity index (χ0v) is 11.9. The lowest BCUT2D eigenvalue weighted by Crippen LogP contribution is -2.19. The van der Waals surface area contributed by atoms with E-state index >= 15 is 0 Å². The van der Waals surface area contributed by atoms with Crippen molar-refractivity contribution in [2.75, 3.05) is 0 Å². The van der Waals surface area contributed by atoms with Crippen LogP contribution >= 0.6 is 58.0 Å². The number of alkyl halides is 2. The second kappa shape index (κ2) is 5.68. The van der Waals surface area contributed by atoms with Crippen molar-refractivity contribution in [3.8, 4) is 0 Å². The molecule has 92 valence electrons. The molecule has 0 fully saturated rings. The first-order valence-electron chi connectivity index (χ1n) is 4.16. The Labute approximate surface area is 123 Å². The van der Waals surface area contributed by atoms with Gasteiger partial charge in [0, 0.05) is 11.6 Å². The van der Waals surface area contributed by atoms with Crippen LogP contribution < -0.4 is 0 Å². The van der Waals surface area contributed by atoms with Gasteiger partial charge in [-0.1, -0.05) is 64.6 Å². The van der Waals surface area contributed by atoms with Crippen molar-refractivity contribution in [3.05, 3.63) is 45.4 Å². The number of hydrogen-bond donors (Lipinski definition) is 0. The topological polar surface area (TPSA) is 26.3 Å². The summed E-state index contributed by atoms with van der Waals surface area (Å²) in [4.78, 5) is 11.1. The van der Waals surface area contributed by atoms with Crippen molar-refractivity contribution in [1.82, 2.24) is 0 Å². The van der Waals surface area contributed by atoms with Gasteiger partial charge in [0.25, 0.3) is 4.52 Å². The molecule has 0 saturated heterocycles. The van der Waals surface area contributed by atoms with E-state index in [0.717, 1.165) is 6.08 Å². The summed E-state index contributed by atoms with van der Waals surface area (Å²) in [5.41, 5.74) is 0.118. The molecule has 1 aromatic carbocycles. The highest BCUT2D eigenvalue weighted by atomic mass is 35.5. The lowest BCUT2D eigenvalue weighted by molar-refractivity contribution is -0.141. The van der Waals surface area contributed by atoms with Gasteiger partial charge in [-0.15, -0.1) is 0 Å². The SMILES string of the molecule is C=CC(=O)OC(Cl)(Cl)c1ccc(Cl)c(Cl)c1Cl. The van der Waals surface area contributed by atoms with Crippen molar-refractivity contribution in [2.45, 2.75) is 4.52 Å². The van der Waals surface area contributed by atoms with Gasteiger partial charge in [0.2, 0.25) is 0 Å². The fraction of sp³-hybridized carbons (Fsp3) is 0.100. The molecule has 0 atom stereocenters. The fourth-order valence-electron chi connectivity index (χ4n) is 0.974. The minimum atomic E-state index is -1.96. The predicted molar refractivity (Wildman–Crippen MR) is 71.1 cm³/mol. The Hall–Kier alpha value is -0.120. The maximum Gasteiger partial charge on any atom is 0.333 e. The monoisotopic (exact) mass is 332 g/mol. The summed E-state index contributed by atoms with van der Waals surface area (Å²) < 4.78 is 2.77. The largest absolute Gasteiger partial charge is 0.421 e. The average molecular weight is 334 g/mol. The van der Waals surface area contributed by atoms with Gasteiger partial charge in [-0.25, -0.2) is 4.79 Å². The Balaban J connectivity index is 3.19. The maximum atomic E-state index is 11.1. The van der Waals surface area contributed by atoms with Crippen LogP contribution in [0.25, 0.3) is 0 Å². The number of halogens is 5. The number of ether oxygens (including phenoxy) is 1. The van der Waals surface area contributed by atoms with Crippen LogP contribution in [0.4, 0.5) is 0 Å². The van der Waals surface area contributed by atoms with E-state index < -0.39 is 10.5 Å². The number of hydrogen-bond acceptors (Lipinski definition) is 2. The third-order valence-electron chi connectivity index (χ3n) is 1.74. The molecule has 0 bridgehead atoms. The Morgan fingerprint density at radius 3 is 2.35 bits per heavy atom. The van der Waals surface area contributed by atoms with Gasteiger partial charge in [0.15, 0.2) is 0 Å². The molecular formula is C10H5Cl5O2. The molecule has 17 heavy (non-hydrogen) atoms. The number of benzene rings is 1. The summed E-state index contributed by atoms with van der Waals surface area (Å²) in [6.07, 6.45) is 0.922. The summed E-state index contributed by atoms with van der Waals surface area (Å²) in [5.74, 6) is -0.794. The normalized spacial score (nSPS) is 11.1. The summed E-state index contributed by atoms with van der Waals surface area (Å²) in [6.45, 7) is 3.22. The molecule has 0 heterocycles. The number of carbonyl (C=O) groups excluding carboxylic acids is 1. The van der Waals surface area contributed by atoms with Crippen molar-refractivity contribution >= 4 is 64.0 Å². The van der Waals surface area contributed by atoms with Crippen molar-refractivity contribution in [2.24, 2.45) is 0 Å².